The summed E-state index contributed by atoms with van der Waals surface area (Å²) >= 11 is 6.63. The molecule has 6 nitrogen and oxygen atoms in total. The molecule has 0 amide bonds. The van der Waals surface area contributed by atoms with E-state index in [1.54, 1.807) is 6.08 Å². The third-order valence-electron chi connectivity index (χ3n) is 7.04. The van der Waals surface area contributed by atoms with Gasteiger partial charge in [0.15, 0.2) is 0 Å². The minimum Gasteiger partial charge on any atom is -0.466 e. The number of nitrogens with zero attached hydrogens (tertiary/aromatic N) is 1. The lowest BCUT2D eigenvalue weighted by molar-refractivity contribution is -0.134. The molecule has 0 aliphatic heterocycles. The number of ether oxygens (including phenoxy) is 1. The van der Waals surface area contributed by atoms with Gasteiger partial charge in [-0.05, 0) is 71.5 Å². The molecule has 4 rings (SSSR count). The molecule has 2 N–H and O–H groups in total. The van der Waals surface area contributed by atoms with Gasteiger partial charge in [-0.15, -0.1) is 0 Å². The molecule has 1 fully saturated rings. The smallest absolute Gasteiger partial charge is 0.330 e. The first-order valence-corrected chi connectivity index (χ1v) is 13.9. The fraction of sp³-hybridized carbons (Fsp3) is 0.303. The molecule has 1 aliphatic carbocycles. The van der Waals surface area contributed by atoms with Crippen LogP contribution in [0.2, 0.25) is 5.02 Å². The Kier molecular flexibility index (Phi) is 12.0. The van der Waals surface area contributed by atoms with Crippen LogP contribution in [0.4, 0.5) is 11.4 Å². The Balaban J connectivity index is 0.000000472. The highest BCUT2D eigenvalue weighted by atomic mass is 35.5. The zero-order chi connectivity index (χ0) is 28.9. The van der Waals surface area contributed by atoms with Gasteiger partial charge in [-0.1, -0.05) is 61.2 Å². The Morgan fingerprint density at radius 2 is 1.80 bits per heavy atom. The SMILES string of the molecule is CNc1ccc(-c2ccc(CN(C)c3cccc(/C=C/C(=O)OC)c3)c(Cl)c2)cc1C=N.O=CC1CCCCC1. The lowest BCUT2D eigenvalue weighted by atomic mass is 9.91. The minimum atomic E-state index is -0.385. The first kappa shape index (κ1) is 30.6. The van der Waals surface area contributed by atoms with Crippen LogP contribution in [0, 0.1) is 11.3 Å². The summed E-state index contributed by atoms with van der Waals surface area (Å²) in [5, 5.41) is 11.4. The van der Waals surface area contributed by atoms with E-state index in [4.69, 9.17) is 17.0 Å². The van der Waals surface area contributed by atoms with Crippen molar-refractivity contribution in [2.45, 2.75) is 38.6 Å². The molecule has 1 saturated carbocycles. The predicted octanol–water partition coefficient (Wildman–Crippen LogP) is 7.63. The number of rotatable bonds is 9. The average molecular weight is 560 g/mol. The average Bonchev–Trinajstić information content (AvgIpc) is 3.01. The predicted molar refractivity (Wildman–Crippen MR) is 167 cm³/mol. The van der Waals surface area contributed by atoms with E-state index in [1.807, 2.05) is 74.8 Å². The highest BCUT2D eigenvalue weighted by Crippen LogP contribution is 2.30. The lowest BCUT2D eigenvalue weighted by Gasteiger charge is -2.21. The second kappa shape index (κ2) is 15.6. The molecule has 40 heavy (non-hydrogen) atoms. The van der Waals surface area contributed by atoms with Crippen LogP contribution in [0.1, 0.15) is 48.8 Å². The third-order valence-corrected chi connectivity index (χ3v) is 7.39. The molecule has 0 heterocycles. The quantitative estimate of drug-likeness (QED) is 0.122. The van der Waals surface area contributed by atoms with E-state index < -0.39 is 0 Å². The highest BCUT2D eigenvalue weighted by Gasteiger charge is 2.11. The molecule has 0 unspecified atom stereocenters. The summed E-state index contributed by atoms with van der Waals surface area (Å²) in [5.74, 6) is 0.0210. The number of nitrogens with one attached hydrogen (secondary N) is 2. The van der Waals surface area contributed by atoms with Gasteiger partial charge < -0.3 is 25.2 Å². The van der Waals surface area contributed by atoms with Gasteiger partial charge in [0.25, 0.3) is 0 Å². The summed E-state index contributed by atoms with van der Waals surface area (Å²) in [7, 11) is 5.20. The van der Waals surface area contributed by atoms with Crippen LogP contribution in [-0.4, -0.2) is 39.7 Å². The molecule has 1 aliphatic rings. The topological polar surface area (TPSA) is 82.5 Å². The molecule has 0 bridgehead atoms. The number of halogens is 1. The lowest BCUT2D eigenvalue weighted by Crippen LogP contribution is -2.16. The maximum Gasteiger partial charge on any atom is 0.330 e. The van der Waals surface area contributed by atoms with Gasteiger partial charge >= 0.3 is 5.97 Å². The van der Waals surface area contributed by atoms with Crippen molar-refractivity contribution in [2.75, 3.05) is 31.4 Å². The number of anilines is 2. The van der Waals surface area contributed by atoms with Crippen molar-refractivity contribution < 1.29 is 14.3 Å². The van der Waals surface area contributed by atoms with Crippen LogP contribution in [0.15, 0.2) is 66.7 Å². The van der Waals surface area contributed by atoms with Gasteiger partial charge in [0, 0.05) is 60.8 Å². The van der Waals surface area contributed by atoms with Crippen LogP contribution in [0.25, 0.3) is 17.2 Å². The molecular weight excluding hydrogens is 522 g/mol. The molecule has 7 heteroatoms. The fourth-order valence-corrected chi connectivity index (χ4v) is 4.90. The van der Waals surface area contributed by atoms with E-state index in [-0.39, 0.29) is 5.97 Å². The Labute approximate surface area is 242 Å². The fourth-order valence-electron chi connectivity index (χ4n) is 4.66. The second-order valence-corrected chi connectivity index (χ2v) is 10.3. The van der Waals surface area contributed by atoms with Gasteiger partial charge in [0.1, 0.15) is 6.29 Å². The van der Waals surface area contributed by atoms with Gasteiger partial charge in [0.05, 0.1) is 7.11 Å². The van der Waals surface area contributed by atoms with Crippen molar-refractivity contribution in [1.29, 1.82) is 5.41 Å². The van der Waals surface area contributed by atoms with Crippen LogP contribution >= 0.6 is 11.6 Å². The first-order chi connectivity index (χ1) is 19.4. The molecule has 210 valence electrons. The van der Waals surface area contributed by atoms with Crippen molar-refractivity contribution in [3.05, 3.63) is 88.5 Å². The summed E-state index contributed by atoms with van der Waals surface area (Å²) in [6.07, 6.45) is 11.7. The summed E-state index contributed by atoms with van der Waals surface area (Å²) in [6, 6.07) is 19.9. The number of esters is 1. The summed E-state index contributed by atoms with van der Waals surface area (Å²) < 4.78 is 4.64. The van der Waals surface area contributed by atoms with Crippen LogP contribution in [0.3, 0.4) is 0 Å². The Morgan fingerprint density at radius 1 is 1.07 bits per heavy atom. The van der Waals surface area contributed by atoms with Gasteiger partial charge in [0.2, 0.25) is 0 Å². The number of hydrogen-bond donors (Lipinski definition) is 2. The maximum absolute atomic E-state index is 11.3. The molecular formula is C33H38ClN3O3. The highest BCUT2D eigenvalue weighted by molar-refractivity contribution is 6.31. The first-order valence-electron chi connectivity index (χ1n) is 13.5. The molecule has 0 aromatic heterocycles. The van der Waals surface area contributed by atoms with E-state index in [0.717, 1.165) is 58.3 Å². The van der Waals surface area contributed by atoms with Crippen molar-refractivity contribution >= 4 is 47.5 Å². The Bertz CT molecular complexity index is 1330. The second-order valence-electron chi connectivity index (χ2n) is 9.84. The molecule has 0 spiro atoms. The summed E-state index contributed by atoms with van der Waals surface area (Å²) in [4.78, 5) is 23.6. The van der Waals surface area contributed by atoms with Crippen LogP contribution in [0.5, 0.6) is 0 Å². The standard InChI is InChI=1S/C26H26ClN3O2.C7H12O/c1-29-25-11-10-19(14-22(25)16-28)20-8-9-21(24(27)15-20)17-30(2)23-6-4-5-18(13-23)7-12-26(31)32-3;8-6-7-4-2-1-3-5-7/h4-16,28-29H,17H2,1-3H3;6-7H,1-5H2/b12-7+,28-16?;. The van der Waals surface area contributed by atoms with E-state index in [9.17, 15) is 9.59 Å². The zero-order valence-corrected chi connectivity index (χ0v) is 24.2. The number of carbonyl (C=O) groups excluding carboxylic acids is 2. The number of carbonyl (C=O) groups is 2. The zero-order valence-electron chi connectivity index (χ0n) is 23.5. The minimum absolute atomic E-state index is 0.385. The van der Waals surface area contributed by atoms with Crippen molar-refractivity contribution in [2.24, 2.45) is 5.92 Å². The Morgan fingerprint density at radius 3 is 2.42 bits per heavy atom. The van der Waals surface area contributed by atoms with Crippen LogP contribution < -0.4 is 10.2 Å². The van der Waals surface area contributed by atoms with E-state index in [2.05, 4.69) is 15.0 Å². The number of hydrogen-bond acceptors (Lipinski definition) is 6. The number of benzene rings is 3. The molecule has 0 radical (unpaired) electrons. The normalized spacial score (nSPS) is 13.2. The third kappa shape index (κ3) is 8.82. The van der Waals surface area contributed by atoms with Gasteiger partial charge in [-0.25, -0.2) is 4.79 Å². The number of aldehydes is 1. The summed E-state index contributed by atoms with van der Waals surface area (Å²) in [5.41, 5.74) is 6.68. The molecule has 3 aromatic carbocycles. The molecule has 0 saturated heterocycles. The largest absolute Gasteiger partial charge is 0.466 e. The van der Waals surface area contributed by atoms with E-state index >= 15 is 0 Å². The number of methoxy groups -OCH3 is 1. The van der Waals surface area contributed by atoms with Crippen LogP contribution in [-0.2, 0) is 20.9 Å². The van der Waals surface area contributed by atoms with Gasteiger partial charge in [-0.3, -0.25) is 0 Å². The maximum atomic E-state index is 11.3. The molecule has 3 aromatic rings. The van der Waals surface area contributed by atoms with Crippen molar-refractivity contribution in [3.63, 3.8) is 0 Å². The van der Waals surface area contributed by atoms with Crippen molar-refractivity contribution in [1.82, 2.24) is 0 Å². The molecule has 0 atom stereocenters. The summed E-state index contributed by atoms with van der Waals surface area (Å²) in [6.45, 7) is 0.633. The van der Waals surface area contributed by atoms with E-state index in [1.165, 1.54) is 38.7 Å². The Hall–Kier alpha value is -3.90. The monoisotopic (exact) mass is 559 g/mol. The van der Waals surface area contributed by atoms with E-state index in [0.29, 0.717) is 17.5 Å². The van der Waals surface area contributed by atoms with Gasteiger partial charge in [-0.2, -0.15) is 0 Å². The van der Waals surface area contributed by atoms with Crippen molar-refractivity contribution in [3.8, 4) is 11.1 Å².